The highest BCUT2D eigenvalue weighted by Crippen LogP contribution is 2.16. The first kappa shape index (κ1) is 8.86. The zero-order chi connectivity index (χ0) is 9.14. The molecule has 0 bridgehead atoms. The van der Waals surface area contributed by atoms with Crippen LogP contribution in [0, 0.1) is 0 Å². The SMILES string of the molecule is O=Cc1c(Br)cncc1C(=O)O. The van der Waals surface area contributed by atoms with Crippen molar-refractivity contribution >= 4 is 28.2 Å². The number of carbonyl (C=O) groups is 2. The van der Waals surface area contributed by atoms with Crippen molar-refractivity contribution in [2.24, 2.45) is 0 Å². The van der Waals surface area contributed by atoms with E-state index in [9.17, 15) is 9.59 Å². The molecule has 62 valence electrons. The smallest absolute Gasteiger partial charge is 0.338 e. The van der Waals surface area contributed by atoms with Crippen molar-refractivity contribution in [2.75, 3.05) is 0 Å². The molecule has 1 heterocycles. The van der Waals surface area contributed by atoms with Crippen LogP contribution in [0.25, 0.3) is 0 Å². The van der Waals surface area contributed by atoms with Crippen LogP contribution in [0.4, 0.5) is 0 Å². The summed E-state index contributed by atoms with van der Waals surface area (Å²) in [6, 6.07) is 0. The normalized spacial score (nSPS) is 9.42. The van der Waals surface area contributed by atoms with Gasteiger partial charge in [-0.15, -0.1) is 0 Å². The van der Waals surface area contributed by atoms with Crippen LogP contribution in [0.2, 0.25) is 0 Å². The predicted molar refractivity (Wildman–Crippen MR) is 44.3 cm³/mol. The van der Waals surface area contributed by atoms with Gasteiger partial charge in [0.2, 0.25) is 0 Å². The summed E-state index contributed by atoms with van der Waals surface area (Å²) < 4.78 is 0.386. The summed E-state index contributed by atoms with van der Waals surface area (Å²) in [5.41, 5.74) is 0.0110. The molecule has 12 heavy (non-hydrogen) atoms. The Bertz CT molecular complexity index is 337. The van der Waals surface area contributed by atoms with Gasteiger partial charge >= 0.3 is 5.97 Å². The number of aldehydes is 1. The van der Waals surface area contributed by atoms with Gasteiger partial charge in [0.25, 0.3) is 0 Å². The van der Waals surface area contributed by atoms with Gasteiger partial charge in [-0.2, -0.15) is 0 Å². The van der Waals surface area contributed by atoms with E-state index in [0.717, 1.165) is 6.20 Å². The number of carboxylic acids is 1. The average molecular weight is 230 g/mol. The molecule has 4 nitrogen and oxygen atoms in total. The van der Waals surface area contributed by atoms with Crippen LogP contribution in [-0.4, -0.2) is 22.3 Å². The van der Waals surface area contributed by atoms with Gasteiger partial charge in [-0.3, -0.25) is 9.78 Å². The number of halogens is 1. The van der Waals surface area contributed by atoms with Crippen molar-refractivity contribution in [3.05, 3.63) is 28.0 Å². The highest BCUT2D eigenvalue weighted by atomic mass is 79.9. The van der Waals surface area contributed by atoms with E-state index in [1.54, 1.807) is 0 Å². The Labute approximate surface area is 76.4 Å². The van der Waals surface area contributed by atoms with E-state index in [-0.39, 0.29) is 11.1 Å². The lowest BCUT2D eigenvalue weighted by molar-refractivity contribution is 0.0693. The Morgan fingerprint density at radius 2 is 2.25 bits per heavy atom. The second kappa shape index (κ2) is 3.44. The minimum absolute atomic E-state index is 0.0978. The van der Waals surface area contributed by atoms with Crippen molar-refractivity contribution in [3.63, 3.8) is 0 Å². The van der Waals surface area contributed by atoms with Crippen LogP contribution >= 0.6 is 15.9 Å². The first-order valence-corrected chi connectivity index (χ1v) is 3.78. The number of rotatable bonds is 2. The predicted octanol–water partition coefficient (Wildman–Crippen LogP) is 1.35. The van der Waals surface area contributed by atoms with E-state index in [0.29, 0.717) is 10.8 Å². The number of nitrogens with zero attached hydrogens (tertiary/aromatic N) is 1. The maximum Gasteiger partial charge on any atom is 0.338 e. The van der Waals surface area contributed by atoms with E-state index in [4.69, 9.17) is 5.11 Å². The number of pyridine rings is 1. The highest BCUT2D eigenvalue weighted by molar-refractivity contribution is 9.10. The maximum absolute atomic E-state index is 10.5. The summed E-state index contributed by atoms with van der Waals surface area (Å²) in [5, 5.41) is 8.60. The third-order valence-electron chi connectivity index (χ3n) is 1.29. The van der Waals surface area contributed by atoms with Gasteiger partial charge in [-0.25, -0.2) is 4.79 Å². The van der Waals surface area contributed by atoms with Crippen LogP contribution in [-0.2, 0) is 0 Å². The topological polar surface area (TPSA) is 67.3 Å². The zero-order valence-corrected chi connectivity index (χ0v) is 7.41. The molecule has 0 saturated heterocycles. The zero-order valence-electron chi connectivity index (χ0n) is 5.82. The van der Waals surface area contributed by atoms with Crippen LogP contribution in [0.3, 0.4) is 0 Å². The molecule has 0 saturated carbocycles. The molecule has 0 aromatic carbocycles. The molecule has 0 atom stereocenters. The fourth-order valence-corrected chi connectivity index (χ4v) is 1.16. The minimum Gasteiger partial charge on any atom is -0.478 e. The van der Waals surface area contributed by atoms with Gasteiger partial charge in [0, 0.05) is 22.4 Å². The molecule has 0 radical (unpaired) electrons. The van der Waals surface area contributed by atoms with E-state index in [1.165, 1.54) is 6.20 Å². The molecule has 1 aromatic rings. The largest absolute Gasteiger partial charge is 0.478 e. The average Bonchev–Trinajstić information content (AvgIpc) is 2.03. The van der Waals surface area contributed by atoms with E-state index in [1.807, 2.05) is 0 Å². The van der Waals surface area contributed by atoms with Crippen molar-refractivity contribution in [1.29, 1.82) is 0 Å². The molecular formula is C7H4BrNO3. The Morgan fingerprint density at radius 3 is 2.67 bits per heavy atom. The van der Waals surface area contributed by atoms with Gasteiger partial charge in [0.05, 0.1) is 5.56 Å². The number of hydrogen-bond donors (Lipinski definition) is 1. The molecule has 5 heteroatoms. The number of aromatic nitrogens is 1. The number of aromatic carboxylic acids is 1. The standard InChI is InChI=1S/C7H4BrNO3/c8-6-2-9-1-4(7(11)12)5(6)3-10/h1-3H,(H,11,12). The van der Waals surface area contributed by atoms with Gasteiger partial charge in [-0.1, -0.05) is 0 Å². The maximum atomic E-state index is 10.5. The molecule has 0 aliphatic heterocycles. The molecule has 0 amide bonds. The first-order chi connectivity index (χ1) is 5.66. The van der Waals surface area contributed by atoms with Crippen molar-refractivity contribution in [3.8, 4) is 0 Å². The van der Waals surface area contributed by atoms with Gasteiger partial charge in [0.15, 0.2) is 6.29 Å². The summed E-state index contributed by atoms with van der Waals surface area (Å²) in [7, 11) is 0. The Morgan fingerprint density at radius 1 is 1.58 bits per heavy atom. The van der Waals surface area contributed by atoms with Crippen LogP contribution in [0.5, 0.6) is 0 Å². The fourth-order valence-electron chi connectivity index (χ4n) is 0.735. The minimum atomic E-state index is -1.16. The van der Waals surface area contributed by atoms with E-state index in [2.05, 4.69) is 20.9 Å². The molecular weight excluding hydrogens is 226 g/mol. The summed E-state index contributed by atoms with van der Waals surface area (Å²) in [4.78, 5) is 24.6. The quantitative estimate of drug-likeness (QED) is 0.778. The summed E-state index contributed by atoms with van der Waals surface area (Å²) in [6.45, 7) is 0. The molecule has 1 N–H and O–H groups in total. The van der Waals surface area contributed by atoms with Gasteiger partial charge in [0.1, 0.15) is 0 Å². The highest BCUT2D eigenvalue weighted by Gasteiger charge is 2.11. The van der Waals surface area contributed by atoms with Crippen LogP contribution < -0.4 is 0 Å². The molecule has 0 spiro atoms. The van der Waals surface area contributed by atoms with Crippen molar-refractivity contribution in [2.45, 2.75) is 0 Å². The lowest BCUT2D eigenvalue weighted by Crippen LogP contribution is -2.03. The second-order valence-corrected chi connectivity index (χ2v) is 2.86. The van der Waals surface area contributed by atoms with Gasteiger partial charge < -0.3 is 5.11 Å². The Balaban J connectivity index is 3.37. The summed E-state index contributed by atoms with van der Waals surface area (Å²) >= 11 is 3.02. The number of carboxylic acid groups (broad SMARTS) is 1. The second-order valence-electron chi connectivity index (χ2n) is 2.01. The molecule has 0 unspecified atom stereocenters. The fraction of sp³-hybridized carbons (Fsp3) is 0. The van der Waals surface area contributed by atoms with Crippen LogP contribution in [0.15, 0.2) is 16.9 Å². The lowest BCUT2D eigenvalue weighted by atomic mass is 10.1. The van der Waals surface area contributed by atoms with Crippen molar-refractivity contribution in [1.82, 2.24) is 4.98 Å². The van der Waals surface area contributed by atoms with E-state index < -0.39 is 5.97 Å². The Hall–Kier alpha value is -1.23. The third kappa shape index (κ3) is 1.50. The van der Waals surface area contributed by atoms with Gasteiger partial charge in [-0.05, 0) is 15.9 Å². The Kier molecular flexibility index (Phi) is 2.54. The number of hydrogen-bond acceptors (Lipinski definition) is 3. The van der Waals surface area contributed by atoms with Crippen molar-refractivity contribution < 1.29 is 14.7 Å². The first-order valence-electron chi connectivity index (χ1n) is 2.98. The molecule has 0 fully saturated rings. The summed E-state index contributed by atoms with van der Waals surface area (Å²) in [6.07, 6.45) is 2.99. The molecule has 0 aliphatic carbocycles. The monoisotopic (exact) mass is 229 g/mol. The van der Waals surface area contributed by atoms with Crippen LogP contribution in [0.1, 0.15) is 20.7 Å². The van der Waals surface area contributed by atoms with E-state index >= 15 is 0 Å². The lowest BCUT2D eigenvalue weighted by Gasteiger charge is -1.99. The molecule has 1 rings (SSSR count). The molecule has 1 aromatic heterocycles. The number of carbonyl (C=O) groups excluding carboxylic acids is 1. The third-order valence-corrected chi connectivity index (χ3v) is 1.92. The molecule has 0 aliphatic rings. The summed E-state index contributed by atoms with van der Waals surface area (Å²) in [5.74, 6) is -1.16.